The number of thiophene rings is 1. The lowest BCUT2D eigenvalue weighted by Crippen LogP contribution is -2.53. The quantitative estimate of drug-likeness (QED) is 0.243. The summed E-state index contributed by atoms with van der Waals surface area (Å²) in [6.45, 7) is 0.883. The van der Waals surface area contributed by atoms with Crippen molar-refractivity contribution in [3.05, 3.63) is 46.1 Å². The number of hydrogen-bond acceptors (Lipinski definition) is 9. The van der Waals surface area contributed by atoms with Crippen molar-refractivity contribution in [2.24, 2.45) is 0 Å². The summed E-state index contributed by atoms with van der Waals surface area (Å²) >= 11 is 1.66. The van der Waals surface area contributed by atoms with Crippen molar-refractivity contribution in [2.75, 3.05) is 31.2 Å². The van der Waals surface area contributed by atoms with Crippen LogP contribution in [0, 0.1) is 5.41 Å². The number of nitrogens with zero attached hydrogens (tertiary/aromatic N) is 3. The van der Waals surface area contributed by atoms with E-state index in [1.165, 1.54) is 22.2 Å². The third kappa shape index (κ3) is 4.10. The topological polar surface area (TPSA) is 137 Å². The van der Waals surface area contributed by atoms with Crippen LogP contribution in [0.15, 0.2) is 30.1 Å². The molecule has 10 heteroatoms. The molecule has 2 aromatic heterocycles. The fourth-order valence-electron chi connectivity index (χ4n) is 4.44. The van der Waals surface area contributed by atoms with Gasteiger partial charge in [0.2, 0.25) is 5.91 Å². The zero-order valence-electron chi connectivity index (χ0n) is 18.8. The number of aromatic nitrogens is 2. The summed E-state index contributed by atoms with van der Waals surface area (Å²) in [6.07, 6.45) is 7.34. The first-order valence-electron chi connectivity index (χ1n) is 11.1. The van der Waals surface area contributed by atoms with Crippen molar-refractivity contribution in [2.45, 2.75) is 31.8 Å². The molecule has 1 aliphatic heterocycles. The Morgan fingerprint density at radius 1 is 1.38 bits per heavy atom. The Morgan fingerprint density at radius 3 is 2.94 bits per heavy atom. The van der Waals surface area contributed by atoms with E-state index in [4.69, 9.17) is 15.9 Å². The zero-order chi connectivity index (χ0) is 23.8. The molecule has 34 heavy (non-hydrogen) atoms. The van der Waals surface area contributed by atoms with Gasteiger partial charge in [-0.2, -0.15) is 0 Å². The van der Waals surface area contributed by atoms with E-state index in [-0.39, 0.29) is 12.0 Å². The van der Waals surface area contributed by atoms with Crippen LogP contribution < -0.4 is 15.8 Å². The van der Waals surface area contributed by atoms with Gasteiger partial charge in [-0.05, 0) is 24.5 Å². The number of rotatable bonds is 6. The molecular weight excluding hydrogens is 452 g/mol. The van der Waals surface area contributed by atoms with Crippen LogP contribution in [0.1, 0.15) is 28.8 Å². The first-order valence-corrected chi connectivity index (χ1v) is 11.9. The maximum Gasteiger partial charge on any atom is 0.226 e. The molecule has 0 unspecified atom stereocenters. The second kappa shape index (κ2) is 9.03. The zero-order valence-corrected chi connectivity index (χ0v) is 19.6. The highest BCUT2D eigenvalue weighted by Gasteiger charge is 2.28. The van der Waals surface area contributed by atoms with Crippen LogP contribution in [0.5, 0.6) is 5.75 Å². The molecule has 0 bridgehead atoms. The fraction of sp³-hybridized carbons (Fsp3) is 0.333. The molecule has 5 rings (SSSR count). The van der Waals surface area contributed by atoms with Crippen LogP contribution in [0.2, 0.25) is 0 Å². The van der Waals surface area contributed by atoms with Crippen molar-refractivity contribution in [3.8, 4) is 5.75 Å². The minimum absolute atomic E-state index is 0.0685. The number of nitrogens with two attached hydrogens (primary N) is 1. The molecule has 1 amide bonds. The Kier molecular flexibility index (Phi) is 5.93. The molecule has 1 saturated heterocycles. The number of likely N-dealkylation sites (tertiary alicyclic amines) is 1. The number of amides is 1. The monoisotopic (exact) mass is 478 g/mol. The molecule has 0 saturated carbocycles. The molecule has 5 N–H and O–H groups in total. The number of aliphatic hydroxyl groups is 1. The molecule has 176 valence electrons. The van der Waals surface area contributed by atoms with Gasteiger partial charge in [0, 0.05) is 54.3 Å². The predicted octanol–water partition coefficient (Wildman–Crippen LogP) is 3.03. The van der Waals surface area contributed by atoms with Gasteiger partial charge in [0.1, 0.15) is 22.7 Å². The molecule has 0 atom stereocenters. The minimum Gasteiger partial charge on any atom is -0.494 e. The molecule has 3 aromatic rings. The number of methoxy groups -OCH3 is 1. The number of allylic oxidation sites excluding steroid dienone is 1. The smallest absolute Gasteiger partial charge is 0.226 e. The molecule has 3 heterocycles. The third-order valence-corrected chi connectivity index (χ3v) is 7.49. The Morgan fingerprint density at radius 2 is 2.21 bits per heavy atom. The standard InChI is InChI=1S/C24H26N6O3S/c1-33-19-8-17(26)14(9-25)7-18(19)29-23-22-16-4-2-13(3-5-21(32)30-10-15(31)11-30)6-20(16)34-24(22)28-12-27-23/h3,7-9,12,15,25,31H,2,4-6,10-11,26H2,1H3,(H,27,28,29)/b13-3-,25-9?. The number of aliphatic hydroxyl groups excluding tert-OH is 1. The number of carbonyl (C=O) groups excluding carboxylic acids is 1. The number of benzene rings is 1. The van der Waals surface area contributed by atoms with Crippen LogP contribution in [0.4, 0.5) is 17.2 Å². The number of hydrogen-bond donors (Lipinski definition) is 4. The largest absolute Gasteiger partial charge is 0.494 e. The summed E-state index contributed by atoms with van der Waals surface area (Å²) in [5.74, 6) is 1.34. The number of carbonyl (C=O) groups is 1. The van der Waals surface area contributed by atoms with Crippen LogP contribution in [-0.4, -0.2) is 58.4 Å². The lowest BCUT2D eigenvalue weighted by Gasteiger charge is -2.35. The molecular formula is C24H26N6O3S. The molecule has 1 aliphatic carbocycles. The Hall–Kier alpha value is -3.50. The average molecular weight is 479 g/mol. The summed E-state index contributed by atoms with van der Waals surface area (Å²) in [5, 5.41) is 21.4. The van der Waals surface area contributed by atoms with Gasteiger partial charge in [0.15, 0.2) is 0 Å². The van der Waals surface area contributed by atoms with E-state index in [2.05, 4.69) is 15.3 Å². The van der Waals surface area contributed by atoms with Gasteiger partial charge in [-0.1, -0.05) is 11.6 Å². The highest BCUT2D eigenvalue weighted by molar-refractivity contribution is 7.19. The van der Waals surface area contributed by atoms with Crippen molar-refractivity contribution >= 4 is 50.9 Å². The molecule has 0 spiro atoms. The summed E-state index contributed by atoms with van der Waals surface area (Å²) in [5.41, 5.74) is 10.2. The van der Waals surface area contributed by atoms with E-state index >= 15 is 0 Å². The van der Waals surface area contributed by atoms with Crippen LogP contribution in [0.3, 0.4) is 0 Å². The number of aryl methyl sites for hydroxylation is 1. The maximum atomic E-state index is 12.3. The van der Waals surface area contributed by atoms with Crippen LogP contribution >= 0.6 is 11.3 Å². The van der Waals surface area contributed by atoms with Gasteiger partial charge in [0.05, 0.1) is 24.3 Å². The molecule has 1 aromatic carbocycles. The van der Waals surface area contributed by atoms with Gasteiger partial charge in [-0.3, -0.25) is 4.79 Å². The summed E-state index contributed by atoms with van der Waals surface area (Å²) in [7, 11) is 1.58. The van der Waals surface area contributed by atoms with E-state index in [0.717, 1.165) is 29.5 Å². The van der Waals surface area contributed by atoms with E-state index < -0.39 is 0 Å². The lowest BCUT2D eigenvalue weighted by atomic mass is 9.91. The fourth-order valence-corrected chi connectivity index (χ4v) is 5.68. The molecule has 9 nitrogen and oxygen atoms in total. The van der Waals surface area contributed by atoms with E-state index in [1.807, 2.05) is 6.08 Å². The van der Waals surface area contributed by atoms with Crippen LogP contribution in [-0.2, 0) is 17.6 Å². The first kappa shape index (κ1) is 22.3. The average Bonchev–Trinajstić information content (AvgIpc) is 3.20. The summed E-state index contributed by atoms with van der Waals surface area (Å²) in [4.78, 5) is 25.1. The molecule has 0 radical (unpaired) electrons. The van der Waals surface area contributed by atoms with Crippen molar-refractivity contribution in [3.63, 3.8) is 0 Å². The van der Waals surface area contributed by atoms with Gasteiger partial charge in [0.25, 0.3) is 0 Å². The van der Waals surface area contributed by atoms with Crippen LogP contribution in [0.25, 0.3) is 10.2 Å². The van der Waals surface area contributed by atoms with Gasteiger partial charge >= 0.3 is 0 Å². The Bertz CT molecular complexity index is 1310. The number of nitrogens with one attached hydrogen (secondary N) is 2. The first-order chi connectivity index (χ1) is 16.5. The summed E-state index contributed by atoms with van der Waals surface area (Å²) in [6, 6.07) is 3.48. The Labute approximate surface area is 200 Å². The highest BCUT2D eigenvalue weighted by atomic mass is 32.1. The van der Waals surface area contributed by atoms with Gasteiger partial charge in [-0.25, -0.2) is 9.97 Å². The molecule has 2 aliphatic rings. The number of β-amino-alcohol motifs (C(OH)–C–C–N with tert-alkyl or cyclic N) is 1. The maximum absolute atomic E-state index is 12.3. The van der Waals surface area contributed by atoms with Crippen molar-refractivity contribution < 1.29 is 14.6 Å². The van der Waals surface area contributed by atoms with E-state index in [9.17, 15) is 9.90 Å². The normalized spacial score (nSPS) is 16.9. The number of nitrogen functional groups attached to an aromatic ring is 1. The minimum atomic E-state index is -0.374. The SMILES string of the molecule is COc1cc(N)c(C=N)cc1Nc1ncnc2sc3c(c12)CC/C(=C/CC(=O)N1CC(O)C1)C3. The summed E-state index contributed by atoms with van der Waals surface area (Å²) < 4.78 is 5.49. The third-order valence-electron chi connectivity index (χ3n) is 6.35. The number of fused-ring (bicyclic) bond motifs is 3. The van der Waals surface area contributed by atoms with Gasteiger partial charge < -0.3 is 31.2 Å². The van der Waals surface area contributed by atoms with E-state index in [0.29, 0.717) is 48.0 Å². The number of anilines is 3. The molecule has 1 fully saturated rings. The second-order valence-electron chi connectivity index (χ2n) is 8.55. The highest BCUT2D eigenvalue weighted by Crippen LogP contribution is 2.41. The Balaban J connectivity index is 1.41. The number of ether oxygens (including phenoxy) is 1. The second-order valence-corrected chi connectivity index (χ2v) is 9.64. The van der Waals surface area contributed by atoms with Crippen molar-refractivity contribution in [1.82, 2.24) is 14.9 Å². The predicted molar refractivity (Wildman–Crippen MR) is 133 cm³/mol. The van der Waals surface area contributed by atoms with Gasteiger partial charge in [-0.15, -0.1) is 11.3 Å². The van der Waals surface area contributed by atoms with Crippen molar-refractivity contribution in [1.29, 1.82) is 5.41 Å². The van der Waals surface area contributed by atoms with E-state index in [1.54, 1.807) is 41.8 Å². The lowest BCUT2D eigenvalue weighted by molar-refractivity contribution is -0.140.